The monoisotopic (exact) mass is 663 g/mol. The lowest BCUT2D eigenvalue weighted by Gasteiger charge is -2.12. The molecule has 0 unspecified atom stereocenters. The van der Waals surface area contributed by atoms with Gasteiger partial charge in [-0.15, -0.1) is 0 Å². The van der Waals surface area contributed by atoms with E-state index in [0.29, 0.717) is 32.0 Å². The van der Waals surface area contributed by atoms with Gasteiger partial charge in [-0.05, 0) is 73.8 Å². The SMILES string of the molecule is N#Cc1ccccc1COc1c(Cl)cc(/C=N\NC(=O)c2cc3cc(Br)cc(Br)c3o2)cc1Br. The van der Waals surface area contributed by atoms with Gasteiger partial charge in [0, 0.05) is 15.4 Å². The van der Waals surface area contributed by atoms with Crippen molar-refractivity contribution in [1.29, 1.82) is 5.26 Å². The molecule has 6 nitrogen and oxygen atoms in total. The van der Waals surface area contributed by atoms with Crippen LogP contribution in [0.3, 0.4) is 0 Å². The van der Waals surface area contributed by atoms with Crippen LogP contribution in [-0.2, 0) is 6.61 Å². The van der Waals surface area contributed by atoms with E-state index >= 15 is 0 Å². The number of hydrogen-bond donors (Lipinski definition) is 1. The number of halogens is 4. The number of ether oxygens (including phenoxy) is 1. The van der Waals surface area contributed by atoms with Gasteiger partial charge >= 0.3 is 5.91 Å². The fourth-order valence-corrected chi connectivity index (χ4v) is 5.43. The third-order valence-electron chi connectivity index (χ3n) is 4.67. The van der Waals surface area contributed by atoms with Gasteiger partial charge in [0.25, 0.3) is 0 Å². The number of nitrogens with zero attached hydrogens (tertiary/aromatic N) is 2. The molecule has 0 bridgehead atoms. The highest BCUT2D eigenvalue weighted by Gasteiger charge is 2.15. The molecule has 1 heterocycles. The summed E-state index contributed by atoms with van der Waals surface area (Å²) in [5.74, 6) is 0.0814. The molecule has 0 aliphatic heterocycles. The van der Waals surface area contributed by atoms with E-state index in [9.17, 15) is 10.1 Å². The van der Waals surface area contributed by atoms with Gasteiger partial charge in [-0.1, -0.05) is 45.7 Å². The number of furan rings is 1. The minimum absolute atomic E-state index is 0.131. The smallest absolute Gasteiger partial charge is 0.307 e. The second kappa shape index (κ2) is 10.7. The zero-order valence-electron chi connectivity index (χ0n) is 17.1. The molecule has 0 saturated heterocycles. The molecule has 0 aliphatic rings. The standard InChI is InChI=1S/C24H13Br3ClN3O3/c25-17-7-16-8-21(34-22(16)19(27)9-17)24(32)31-30-11-13-5-18(26)23(20(28)6-13)33-12-15-4-2-1-3-14(15)10-29/h1-9,11H,12H2,(H,31,32)/b30-11-. The molecule has 0 fully saturated rings. The normalized spacial score (nSPS) is 11.0. The lowest BCUT2D eigenvalue weighted by Crippen LogP contribution is -2.16. The summed E-state index contributed by atoms with van der Waals surface area (Å²) in [5.41, 5.74) is 4.95. The van der Waals surface area contributed by atoms with Gasteiger partial charge in [0.1, 0.15) is 12.2 Å². The largest absolute Gasteiger partial charge is 0.486 e. The van der Waals surface area contributed by atoms with Gasteiger partial charge < -0.3 is 9.15 Å². The molecule has 170 valence electrons. The van der Waals surface area contributed by atoms with Gasteiger partial charge in [-0.3, -0.25) is 4.79 Å². The van der Waals surface area contributed by atoms with Crippen molar-refractivity contribution >= 4 is 82.5 Å². The Labute approximate surface area is 224 Å². The van der Waals surface area contributed by atoms with Gasteiger partial charge in [0.2, 0.25) is 0 Å². The van der Waals surface area contributed by atoms with Crippen LogP contribution in [0, 0.1) is 11.3 Å². The van der Waals surface area contributed by atoms with Crippen molar-refractivity contribution in [3.63, 3.8) is 0 Å². The van der Waals surface area contributed by atoms with E-state index in [2.05, 4.69) is 64.4 Å². The molecule has 10 heteroatoms. The first-order valence-corrected chi connectivity index (χ1v) is 12.4. The van der Waals surface area contributed by atoms with Crippen LogP contribution in [0.25, 0.3) is 11.0 Å². The van der Waals surface area contributed by atoms with E-state index < -0.39 is 5.91 Å². The van der Waals surface area contributed by atoms with E-state index in [1.54, 1.807) is 30.3 Å². The molecule has 1 N–H and O–H groups in total. The highest BCUT2D eigenvalue weighted by Crippen LogP contribution is 2.35. The van der Waals surface area contributed by atoms with Crippen LogP contribution in [0.5, 0.6) is 5.75 Å². The molecular weight excluding hydrogens is 653 g/mol. The molecule has 0 spiro atoms. The number of hydrogen-bond acceptors (Lipinski definition) is 5. The van der Waals surface area contributed by atoms with Gasteiger partial charge in [0.05, 0.1) is 31.8 Å². The van der Waals surface area contributed by atoms with Crippen LogP contribution in [0.4, 0.5) is 0 Å². The number of amides is 1. The van der Waals surface area contributed by atoms with Crippen molar-refractivity contribution in [2.24, 2.45) is 5.10 Å². The van der Waals surface area contributed by atoms with Gasteiger partial charge in [-0.2, -0.15) is 10.4 Å². The summed E-state index contributed by atoms with van der Waals surface area (Å²) in [6.07, 6.45) is 1.46. The van der Waals surface area contributed by atoms with Crippen molar-refractivity contribution in [3.05, 3.63) is 95.5 Å². The van der Waals surface area contributed by atoms with Crippen LogP contribution in [0.15, 0.2) is 77.5 Å². The maximum Gasteiger partial charge on any atom is 0.307 e. The topological polar surface area (TPSA) is 87.6 Å². The van der Waals surface area contributed by atoms with Crippen molar-refractivity contribution in [2.75, 3.05) is 0 Å². The number of carbonyl (C=O) groups excluding carboxylic acids is 1. The molecule has 3 aromatic carbocycles. The number of hydrazone groups is 1. The van der Waals surface area contributed by atoms with Crippen molar-refractivity contribution in [2.45, 2.75) is 6.61 Å². The summed E-state index contributed by atoms with van der Waals surface area (Å²) in [6, 6.07) is 18.1. The fourth-order valence-electron chi connectivity index (χ4n) is 3.11. The summed E-state index contributed by atoms with van der Waals surface area (Å²) < 4.78 is 13.7. The summed E-state index contributed by atoms with van der Waals surface area (Å²) in [4.78, 5) is 12.4. The van der Waals surface area contributed by atoms with Crippen molar-refractivity contribution < 1.29 is 13.9 Å². The second-order valence-electron chi connectivity index (χ2n) is 6.99. The quantitative estimate of drug-likeness (QED) is 0.170. The highest BCUT2D eigenvalue weighted by atomic mass is 79.9. The van der Waals surface area contributed by atoms with Crippen LogP contribution < -0.4 is 10.2 Å². The van der Waals surface area contributed by atoms with E-state index in [-0.39, 0.29) is 12.4 Å². The Morgan fingerprint density at radius 1 is 1.15 bits per heavy atom. The Morgan fingerprint density at radius 3 is 2.71 bits per heavy atom. The molecule has 34 heavy (non-hydrogen) atoms. The average Bonchev–Trinajstić information content (AvgIpc) is 3.23. The second-order valence-corrected chi connectivity index (χ2v) is 10.0. The molecule has 0 saturated carbocycles. The predicted octanol–water partition coefficient (Wildman–Crippen LogP) is 7.59. The highest BCUT2D eigenvalue weighted by molar-refractivity contribution is 9.11. The first-order chi connectivity index (χ1) is 16.4. The number of carbonyl (C=O) groups is 1. The van der Waals surface area contributed by atoms with Gasteiger partial charge in [-0.25, -0.2) is 5.43 Å². The number of nitriles is 1. The van der Waals surface area contributed by atoms with E-state index in [1.807, 2.05) is 24.3 Å². The number of nitrogens with one attached hydrogen (secondary N) is 1. The zero-order valence-corrected chi connectivity index (χ0v) is 22.6. The zero-order chi connectivity index (χ0) is 24.2. The Morgan fingerprint density at radius 2 is 1.94 bits per heavy atom. The number of benzene rings is 3. The number of rotatable bonds is 6. The number of fused-ring (bicyclic) bond motifs is 1. The van der Waals surface area contributed by atoms with E-state index in [0.717, 1.165) is 19.9 Å². The lowest BCUT2D eigenvalue weighted by atomic mass is 10.1. The molecule has 4 aromatic rings. The molecule has 0 aliphatic carbocycles. The third kappa shape index (κ3) is 5.53. The molecule has 1 aromatic heterocycles. The van der Waals surface area contributed by atoms with Gasteiger partial charge in [0.15, 0.2) is 11.5 Å². The Bertz CT molecular complexity index is 1450. The first kappa shape index (κ1) is 24.5. The average molecular weight is 667 g/mol. The third-order valence-corrected chi connectivity index (χ3v) is 6.59. The summed E-state index contributed by atoms with van der Waals surface area (Å²) in [5, 5.41) is 14.3. The van der Waals surface area contributed by atoms with Crippen molar-refractivity contribution in [3.8, 4) is 11.8 Å². The molecule has 0 atom stereocenters. The first-order valence-electron chi connectivity index (χ1n) is 9.67. The maximum atomic E-state index is 12.4. The summed E-state index contributed by atoms with van der Waals surface area (Å²) in [6.45, 7) is 0.190. The Hall–Kier alpha value is -2.64. The van der Waals surface area contributed by atoms with E-state index in [1.165, 1.54) is 6.21 Å². The minimum Gasteiger partial charge on any atom is -0.486 e. The summed E-state index contributed by atoms with van der Waals surface area (Å²) in [7, 11) is 0. The maximum absolute atomic E-state index is 12.4. The minimum atomic E-state index is -0.489. The molecule has 1 amide bonds. The molecular formula is C24H13Br3ClN3O3. The van der Waals surface area contributed by atoms with Crippen LogP contribution in [-0.4, -0.2) is 12.1 Å². The van der Waals surface area contributed by atoms with Crippen molar-refractivity contribution in [1.82, 2.24) is 5.43 Å². The molecule has 0 radical (unpaired) electrons. The lowest BCUT2D eigenvalue weighted by molar-refractivity contribution is 0.0929. The van der Waals surface area contributed by atoms with E-state index in [4.69, 9.17) is 20.8 Å². The Kier molecular flexibility index (Phi) is 7.73. The predicted molar refractivity (Wildman–Crippen MR) is 141 cm³/mol. The van der Waals surface area contributed by atoms with Crippen LogP contribution >= 0.6 is 59.4 Å². The Balaban J connectivity index is 1.44. The van der Waals surface area contributed by atoms with Crippen LogP contribution in [0.2, 0.25) is 5.02 Å². The fraction of sp³-hybridized carbons (Fsp3) is 0.0417. The van der Waals surface area contributed by atoms with Crippen LogP contribution in [0.1, 0.15) is 27.2 Å². The summed E-state index contributed by atoms with van der Waals surface area (Å²) >= 11 is 16.7. The molecule has 4 rings (SSSR count).